The molecule has 7 nitrogen and oxygen atoms in total. The lowest BCUT2D eigenvalue weighted by Crippen LogP contribution is -2.45. The molecule has 31 heavy (non-hydrogen) atoms. The molecule has 1 heterocycles. The molecule has 1 aliphatic heterocycles. The molecule has 2 aromatic carbocycles. The lowest BCUT2D eigenvalue weighted by Gasteiger charge is -2.35. The maximum absolute atomic E-state index is 12.9. The number of morpholine rings is 1. The third kappa shape index (κ3) is 5.68. The van der Waals surface area contributed by atoms with Crippen molar-refractivity contribution in [3.63, 3.8) is 0 Å². The van der Waals surface area contributed by atoms with Crippen LogP contribution in [0.5, 0.6) is 17.2 Å². The van der Waals surface area contributed by atoms with Crippen LogP contribution < -0.4 is 19.5 Å². The largest absolute Gasteiger partial charge is 0.493 e. The van der Waals surface area contributed by atoms with Gasteiger partial charge in [0.25, 0.3) is 5.91 Å². The molecule has 2 atom stereocenters. The SMILES string of the molecule is COc1cc(C(=O)NCc2ccccc2CN2C[C@H](C)O[C@@H](C)C2)cc(OC)c1OC. The van der Waals surface area contributed by atoms with E-state index in [1.165, 1.54) is 26.9 Å². The normalized spacial score (nSPS) is 19.0. The van der Waals surface area contributed by atoms with E-state index in [0.717, 1.165) is 25.2 Å². The van der Waals surface area contributed by atoms with Crippen molar-refractivity contribution >= 4 is 5.91 Å². The number of rotatable bonds is 8. The number of methoxy groups -OCH3 is 3. The van der Waals surface area contributed by atoms with Crippen LogP contribution in [0, 0.1) is 0 Å². The van der Waals surface area contributed by atoms with Crippen molar-refractivity contribution in [2.75, 3.05) is 34.4 Å². The van der Waals surface area contributed by atoms with Crippen molar-refractivity contribution in [3.05, 3.63) is 53.1 Å². The summed E-state index contributed by atoms with van der Waals surface area (Å²) >= 11 is 0. The minimum atomic E-state index is -0.206. The van der Waals surface area contributed by atoms with Gasteiger partial charge in [-0.05, 0) is 37.1 Å². The van der Waals surface area contributed by atoms with Crippen LogP contribution in [0.2, 0.25) is 0 Å². The third-order valence-corrected chi connectivity index (χ3v) is 5.37. The molecule has 0 aromatic heterocycles. The zero-order valence-electron chi connectivity index (χ0n) is 18.9. The molecule has 3 rings (SSSR count). The molecule has 0 saturated carbocycles. The molecular weight excluding hydrogens is 396 g/mol. The van der Waals surface area contributed by atoms with Crippen LogP contribution in [-0.2, 0) is 17.8 Å². The molecule has 0 spiro atoms. The summed E-state index contributed by atoms with van der Waals surface area (Å²) in [6.45, 7) is 7.26. The summed E-state index contributed by atoms with van der Waals surface area (Å²) in [6, 6.07) is 11.5. The Morgan fingerprint density at radius 1 is 1.00 bits per heavy atom. The first-order valence-electron chi connectivity index (χ1n) is 10.5. The second-order valence-corrected chi connectivity index (χ2v) is 7.82. The summed E-state index contributed by atoms with van der Waals surface area (Å²) in [5, 5.41) is 3.02. The number of nitrogens with one attached hydrogen (secondary N) is 1. The van der Waals surface area contributed by atoms with E-state index in [4.69, 9.17) is 18.9 Å². The Morgan fingerprint density at radius 2 is 1.58 bits per heavy atom. The first-order valence-corrected chi connectivity index (χ1v) is 10.5. The van der Waals surface area contributed by atoms with Gasteiger partial charge in [-0.25, -0.2) is 0 Å². The Hall–Kier alpha value is -2.77. The first-order chi connectivity index (χ1) is 14.9. The van der Waals surface area contributed by atoms with Crippen LogP contribution in [0.25, 0.3) is 0 Å². The van der Waals surface area contributed by atoms with E-state index in [1.54, 1.807) is 12.1 Å². The number of amides is 1. The highest BCUT2D eigenvalue weighted by Crippen LogP contribution is 2.38. The van der Waals surface area contributed by atoms with Gasteiger partial charge in [0, 0.05) is 31.7 Å². The maximum Gasteiger partial charge on any atom is 0.251 e. The summed E-state index contributed by atoms with van der Waals surface area (Å²) in [5.74, 6) is 1.15. The van der Waals surface area contributed by atoms with Crippen LogP contribution in [0.4, 0.5) is 0 Å². The highest BCUT2D eigenvalue weighted by atomic mass is 16.5. The van der Waals surface area contributed by atoms with Crippen molar-refractivity contribution in [1.82, 2.24) is 10.2 Å². The molecule has 1 N–H and O–H groups in total. The summed E-state index contributed by atoms with van der Waals surface area (Å²) in [6.07, 6.45) is 0.436. The summed E-state index contributed by atoms with van der Waals surface area (Å²) in [7, 11) is 4.60. The molecule has 1 saturated heterocycles. The van der Waals surface area contributed by atoms with Gasteiger partial charge in [0.1, 0.15) is 0 Å². The topological polar surface area (TPSA) is 69.3 Å². The Bertz CT molecular complexity index is 866. The zero-order valence-corrected chi connectivity index (χ0v) is 18.9. The molecule has 1 aliphatic rings. The van der Waals surface area contributed by atoms with E-state index in [0.29, 0.717) is 29.4 Å². The second kappa shape index (κ2) is 10.5. The average Bonchev–Trinajstić information content (AvgIpc) is 2.76. The number of hydrogen-bond acceptors (Lipinski definition) is 6. The molecule has 1 fully saturated rings. The van der Waals surface area contributed by atoms with Gasteiger partial charge < -0.3 is 24.3 Å². The van der Waals surface area contributed by atoms with Gasteiger partial charge in [0.15, 0.2) is 11.5 Å². The lowest BCUT2D eigenvalue weighted by atomic mass is 10.1. The molecular formula is C24H32N2O5. The molecule has 0 aliphatic carbocycles. The van der Waals surface area contributed by atoms with Gasteiger partial charge in [0.05, 0.1) is 33.5 Å². The summed E-state index contributed by atoms with van der Waals surface area (Å²) < 4.78 is 21.9. The van der Waals surface area contributed by atoms with E-state index >= 15 is 0 Å². The quantitative estimate of drug-likeness (QED) is 0.696. The van der Waals surface area contributed by atoms with Crippen LogP contribution in [0.15, 0.2) is 36.4 Å². The Balaban J connectivity index is 1.71. The zero-order chi connectivity index (χ0) is 22.4. The van der Waals surface area contributed by atoms with Crippen molar-refractivity contribution in [2.24, 2.45) is 0 Å². The lowest BCUT2D eigenvalue weighted by molar-refractivity contribution is -0.0705. The van der Waals surface area contributed by atoms with Crippen molar-refractivity contribution < 1.29 is 23.7 Å². The van der Waals surface area contributed by atoms with Crippen LogP contribution in [0.1, 0.15) is 35.3 Å². The molecule has 7 heteroatoms. The highest BCUT2D eigenvalue weighted by Gasteiger charge is 2.23. The van der Waals surface area contributed by atoms with Gasteiger partial charge in [-0.1, -0.05) is 24.3 Å². The summed E-state index contributed by atoms with van der Waals surface area (Å²) in [4.78, 5) is 15.3. The first kappa shape index (κ1) is 22.9. The Labute approximate surface area is 184 Å². The van der Waals surface area contributed by atoms with Gasteiger partial charge >= 0.3 is 0 Å². The minimum absolute atomic E-state index is 0.206. The molecule has 2 aromatic rings. The molecule has 1 amide bonds. The van der Waals surface area contributed by atoms with E-state index in [1.807, 2.05) is 12.1 Å². The molecule has 0 radical (unpaired) electrons. The van der Waals surface area contributed by atoms with Crippen molar-refractivity contribution in [1.29, 1.82) is 0 Å². The third-order valence-electron chi connectivity index (χ3n) is 5.37. The van der Waals surface area contributed by atoms with E-state index in [2.05, 4.69) is 36.2 Å². The van der Waals surface area contributed by atoms with Gasteiger partial charge in [-0.15, -0.1) is 0 Å². The number of hydrogen-bond donors (Lipinski definition) is 1. The highest BCUT2D eigenvalue weighted by molar-refractivity contribution is 5.95. The summed E-state index contributed by atoms with van der Waals surface area (Å²) in [5.41, 5.74) is 2.74. The fourth-order valence-electron chi connectivity index (χ4n) is 4.03. The molecule has 0 unspecified atom stereocenters. The monoisotopic (exact) mass is 428 g/mol. The number of nitrogens with zero attached hydrogens (tertiary/aromatic N) is 1. The molecule has 168 valence electrons. The fourth-order valence-corrected chi connectivity index (χ4v) is 4.03. The maximum atomic E-state index is 12.9. The standard InChI is InChI=1S/C24H32N2O5/c1-16-13-26(14-17(2)31-16)15-19-9-7-6-8-18(19)12-25-24(27)20-10-21(28-3)23(30-5)22(11-20)29-4/h6-11,16-17H,12-15H2,1-5H3,(H,25,27)/t16-,17-/m0/s1. The minimum Gasteiger partial charge on any atom is -0.493 e. The smallest absolute Gasteiger partial charge is 0.251 e. The van der Waals surface area contributed by atoms with Gasteiger partial charge in [-0.2, -0.15) is 0 Å². The van der Waals surface area contributed by atoms with Crippen LogP contribution in [-0.4, -0.2) is 57.4 Å². The number of benzene rings is 2. The molecule has 0 bridgehead atoms. The van der Waals surface area contributed by atoms with E-state index in [9.17, 15) is 4.79 Å². The van der Waals surface area contributed by atoms with Gasteiger partial charge in [-0.3, -0.25) is 9.69 Å². The number of carbonyl (C=O) groups is 1. The van der Waals surface area contributed by atoms with E-state index in [-0.39, 0.29) is 18.1 Å². The second-order valence-electron chi connectivity index (χ2n) is 7.82. The number of ether oxygens (including phenoxy) is 4. The average molecular weight is 429 g/mol. The van der Waals surface area contributed by atoms with E-state index < -0.39 is 0 Å². The van der Waals surface area contributed by atoms with Gasteiger partial charge in [0.2, 0.25) is 5.75 Å². The Morgan fingerprint density at radius 3 is 2.13 bits per heavy atom. The van der Waals surface area contributed by atoms with Crippen molar-refractivity contribution in [3.8, 4) is 17.2 Å². The fraction of sp³-hybridized carbons (Fsp3) is 0.458. The van der Waals surface area contributed by atoms with Crippen LogP contribution >= 0.6 is 0 Å². The van der Waals surface area contributed by atoms with Crippen molar-refractivity contribution in [2.45, 2.75) is 39.1 Å². The Kier molecular flexibility index (Phi) is 7.76. The number of carbonyl (C=O) groups excluding carboxylic acids is 1. The predicted molar refractivity (Wildman–Crippen MR) is 119 cm³/mol. The predicted octanol–water partition coefficient (Wildman–Crippen LogP) is 3.25. The van der Waals surface area contributed by atoms with Crippen LogP contribution in [0.3, 0.4) is 0 Å².